The zero-order valence-corrected chi connectivity index (χ0v) is 11.7. The number of benzene rings is 1. The number of rotatable bonds is 5. The van der Waals surface area contributed by atoms with Gasteiger partial charge in [-0.1, -0.05) is 18.9 Å². The van der Waals surface area contributed by atoms with Gasteiger partial charge in [0.2, 0.25) is 5.91 Å². The maximum atomic E-state index is 13.0. The zero-order valence-electron chi connectivity index (χ0n) is 11.7. The Hall–Kier alpha value is -1.46. The second kappa shape index (κ2) is 7.36. The summed E-state index contributed by atoms with van der Waals surface area (Å²) in [4.78, 5) is 11.8. The van der Waals surface area contributed by atoms with E-state index in [9.17, 15) is 9.18 Å². The Kier molecular flexibility index (Phi) is 5.49. The Morgan fingerprint density at radius 2 is 2.20 bits per heavy atom. The first kappa shape index (κ1) is 14.9. The normalized spacial score (nSPS) is 22.5. The molecule has 2 N–H and O–H groups in total. The lowest BCUT2D eigenvalue weighted by Gasteiger charge is -2.30. The van der Waals surface area contributed by atoms with Crippen molar-refractivity contribution in [2.75, 3.05) is 19.0 Å². The van der Waals surface area contributed by atoms with Gasteiger partial charge < -0.3 is 15.4 Å². The summed E-state index contributed by atoms with van der Waals surface area (Å²) in [6.07, 6.45) is 4.45. The van der Waals surface area contributed by atoms with Crippen LogP contribution < -0.4 is 10.6 Å². The molecule has 0 spiro atoms. The minimum Gasteiger partial charge on any atom is -0.367 e. The molecule has 0 saturated heterocycles. The molecule has 1 amide bonds. The molecule has 0 heterocycles. The lowest BCUT2D eigenvalue weighted by Crippen LogP contribution is -2.42. The lowest BCUT2D eigenvalue weighted by atomic mass is 9.92. The third-order valence-corrected chi connectivity index (χ3v) is 3.61. The fourth-order valence-electron chi connectivity index (χ4n) is 2.57. The smallest absolute Gasteiger partial charge is 0.250 e. The summed E-state index contributed by atoms with van der Waals surface area (Å²) in [6, 6.07) is 6.15. The Labute approximate surface area is 118 Å². The lowest BCUT2D eigenvalue weighted by molar-refractivity contribution is -0.123. The molecule has 0 aromatic heterocycles. The van der Waals surface area contributed by atoms with Crippen LogP contribution in [0.15, 0.2) is 24.3 Å². The van der Waals surface area contributed by atoms with E-state index in [0.29, 0.717) is 11.7 Å². The van der Waals surface area contributed by atoms with Gasteiger partial charge in [0.05, 0.1) is 6.10 Å². The third kappa shape index (κ3) is 4.28. The van der Waals surface area contributed by atoms with E-state index < -0.39 is 0 Å². The predicted molar refractivity (Wildman–Crippen MR) is 76.1 cm³/mol. The molecule has 2 rings (SSSR count). The van der Waals surface area contributed by atoms with Gasteiger partial charge in [-0.2, -0.15) is 0 Å². The maximum absolute atomic E-state index is 13.0. The Morgan fingerprint density at radius 1 is 1.40 bits per heavy atom. The van der Waals surface area contributed by atoms with Crippen LogP contribution in [0.1, 0.15) is 25.7 Å². The van der Waals surface area contributed by atoms with Gasteiger partial charge in [0.1, 0.15) is 12.4 Å². The van der Waals surface area contributed by atoms with E-state index in [-0.39, 0.29) is 24.4 Å². The molecule has 1 fully saturated rings. The molecule has 2 unspecified atom stereocenters. The van der Waals surface area contributed by atoms with Gasteiger partial charge >= 0.3 is 0 Å². The first-order valence-corrected chi connectivity index (χ1v) is 7.03. The van der Waals surface area contributed by atoms with Crippen LogP contribution >= 0.6 is 0 Å². The van der Waals surface area contributed by atoms with Gasteiger partial charge in [-0.3, -0.25) is 4.79 Å². The number of carbonyl (C=O) groups is 1. The van der Waals surface area contributed by atoms with Crippen molar-refractivity contribution in [2.24, 2.45) is 0 Å². The molecule has 5 heteroatoms. The SMILES string of the molecule is CNC1CCCCC1OCC(=O)Nc1cccc(F)c1. The summed E-state index contributed by atoms with van der Waals surface area (Å²) in [5, 5.41) is 5.86. The number of nitrogens with one attached hydrogen (secondary N) is 2. The molecule has 4 nitrogen and oxygen atoms in total. The highest BCUT2D eigenvalue weighted by Gasteiger charge is 2.24. The average Bonchev–Trinajstić information content (AvgIpc) is 2.45. The molecular formula is C15H21FN2O2. The van der Waals surface area contributed by atoms with Crippen molar-refractivity contribution in [1.29, 1.82) is 0 Å². The topological polar surface area (TPSA) is 50.4 Å². The average molecular weight is 280 g/mol. The van der Waals surface area contributed by atoms with E-state index in [4.69, 9.17) is 4.74 Å². The third-order valence-electron chi connectivity index (χ3n) is 3.61. The summed E-state index contributed by atoms with van der Waals surface area (Å²) >= 11 is 0. The van der Waals surface area contributed by atoms with Crippen LogP contribution in [-0.2, 0) is 9.53 Å². The van der Waals surface area contributed by atoms with Crippen molar-refractivity contribution in [3.63, 3.8) is 0 Å². The largest absolute Gasteiger partial charge is 0.367 e. The minimum atomic E-state index is -0.369. The molecule has 0 aliphatic heterocycles. The van der Waals surface area contributed by atoms with Crippen LogP contribution in [0.4, 0.5) is 10.1 Å². The first-order valence-electron chi connectivity index (χ1n) is 7.03. The monoisotopic (exact) mass is 280 g/mol. The number of ether oxygens (including phenoxy) is 1. The van der Waals surface area contributed by atoms with Gasteiger partial charge in [-0.05, 0) is 38.1 Å². The highest BCUT2D eigenvalue weighted by Crippen LogP contribution is 2.21. The summed E-state index contributed by atoms with van der Waals surface area (Å²) in [5.74, 6) is -0.623. The molecule has 1 aromatic carbocycles. The van der Waals surface area contributed by atoms with E-state index in [1.807, 2.05) is 7.05 Å². The Bertz CT molecular complexity index is 453. The number of amides is 1. The van der Waals surface area contributed by atoms with Gasteiger partial charge in [0.15, 0.2) is 0 Å². The number of hydrogen-bond acceptors (Lipinski definition) is 3. The molecule has 1 saturated carbocycles. The van der Waals surface area contributed by atoms with Crippen LogP contribution in [0.5, 0.6) is 0 Å². The molecule has 0 radical (unpaired) electrons. The van der Waals surface area contributed by atoms with Crippen molar-refractivity contribution >= 4 is 11.6 Å². The summed E-state index contributed by atoms with van der Waals surface area (Å²) < 4.78 is 18.7. The van der Waals surface area contributed by atoms with Crippen LogP contribution in [0.25, 0.3) is 0 Å². The summed E-state index contributed by atoms with van der Waals surface area (Å²) in [6.45, 7) is -0.000635. The highest BCUT2D eigenvalue weighted by atomic mass is 19.1. The van der Waals surface area contributed by atoms with Gasteiger partial charge in [-0.15, -0.1) is 0 Å². The van der Waals surface area contributed by atoms with E-state index in [1.165, 1.54) is 18.6 Å². The van der Waals surface area contributed by atoms with Gasteiger partial charge in [0, 0.05) is 11.7 Å². The van der Waals surface area contributed by atoms with Crippen LogP contribution in [0, 0.1) is 5.82 Å². The summed E-state index contributed by atoms with van der Waals surface area (Å²) in [5.41, 5.74) is 0.451. The molecular weight excluding hydrogens is 259 g/mol. The molecule has 2 atom stereocenters. The van der Waals surface area contributed by atoms with Crippen molar-refractivity contribution in [3.05, 3.63) is 30.1 Å². The van der Waals surface area contributed by atoms with Crippen molar-refractivity contribution in [1.82, 2.24) is 5.32 Å². The zero-order chi connectivity index (χ0) is 14.4. The van der Waals surface area contributed by atoms with E-state index in [2.05, 4.69) is 10.6 Å². The molecule has 1 aliphatic rings. The minimum absolute atomic E-state index is 0.000635. The molecule has 1 aliphatic carbocycles. The molecule has 20 heavy (non-hydrogen) atoms. The molecule has 1 aromatic rings. The van der Waals surface area contributed by atoms with Crippen LogP contribution in [0.2, 0.25) is 0 Å². The molecule has 0 bridgehead atoms. The quantitative estimate of drug-likeness (QED) is 0.870. The Morgan fingerprint density at radius 3 is 2.95 bits per heavy atom. The second-order valence-electron chi connectivity index (χ2n) is 5.09. The number of anilines is 1. The van der Waals surface area contributed by atoms with Crippen molar-refractivity contribution in [3.8, 4) is 0 Å². The highest BCUT2D eigenvalue weighted by molar-refractivity contribution is 5.91. The fourth-order valence-corrected chi connectivity index (χ4v) is 2.57. The Balaban J connectivity index is 1.79. The fraction of sp³-hybridized carbons (Fsp3) is 0.533. The summed E-state index contributed by atoms with van der Waals surface area (Å²) in [7, 11) is 1.92. The van der Waals surface area contributed by atoms with Crippen molar-refractivity contribution in [2.45, 2.75) is 37.8 Å². The first-order chi connectivity index (χ1) is 9.69. The van der Waals surface area contributed by atoms with Crippen molar-refractivity contribution < 1.29 is 13.9 Å². The number of likely N-dealkylation sites (N-methyl/N-ethyl adjacent to an activating group) is 1. The van der Waals surface area contributed by atoms with Crippen LogP contribution in [-0.4, -0.2) is 31.7 Å². The van der Waals surface area contributed by atoms with E-state index >= 15 is 0 Å². The number of halogens is 1. The van der Waals surface area contributed by atoms with Crippen LogP contribution in [0.3, 0.4) is 0 Å². The predicted octanol–water partition coefficient (Wildman–Crippen LogP) is 2.31. The van der Waals surface area contributed by atoms with E-state index in [0.717, 1.165) is 19.3 Å². The standard InChI is InChI=1S/C15H21FN2O2/c1-17-13-7-2-3-8-14(13)20-10-15(19)18-12-6-4-5-11(16)9-12/h4-6,9,13-14,17H,2-3,7-8,10H2,1H3,(H,18,19). The second-order valence-corrected chi connectivity index (χ2v) is 5.09. The molecule has 110 valence electrons. The number of hydrogen-bond donors (Lipinski definition) is 2. The number of carbonyl (C=O) groups excluding carboxylic acids is 1. The van der Waals surface area contributed by atoms with Gasteiger partial charge in [-0.25, -0.2) is 4.39 Å². The van der Waals surface area contributed by atoms with E-state index in [1.54, 1.807) is 12.1 Å². The maximum Gasteiger partial charge on any atom is 0.250 e. The van der Waals surface area contributed by atoms with Gasteiger partial charge in [0.25, 0.3) is 0 Å².